The van der Waals surface area contributed by atoms with E-state index in [0.29, 0.717) is 53.2 Å². The zero-order chi connectivity index (χ0) is 31.9. The summed E-state index contributed by atoms with van der Waals surface area (Å²) < 4.78 is 0. The first-order valence-corrected chi connectivity index (χ1v) is 21.0. The van der Waals surface area contributed by atoms with Gasteiger partial charge >= 0.3 is 0 Å². The van der Waals surface area contributed by atoms with Crippen LogP contribution in [0.25, 0.3) is 5.32 Å². The average Bonchev–Trinajstić information content (AvgIpc) is 3.08. The molecule has 266 valence electrons. The summed E-state index contributed by atoms with van der Waals surface area (Å²) in [6.07, 6.45) is 31.3. The maximum Gasteiger partial charge on any atom is 0.0340 e. The van der Waals surface area contributed by atoms with Gasteiger partial charge in [0, 0.05) is 31.2 Å². The normalized spacial score (nSPS) is 41.5. The summed E-state index contributed by atoms with van der Waals surface area (Å²) >= 11 is 7.02. The number of halogens is 1. The van der Waals surface area contributed by atoms with Crippen LogP contribution in [0.15, 0.2) is 0 Å². The van der Waals surface area contributed by atoms with Crippen LogP contribution >= 0.6 is 11.6 Å². The molecule has 0 spiro atoms. The zero-order valence-electron chi connectivity index (χ0n) is 30.9. The molecule has 1 aliphatic heterocycles. The molecular weight excluding hydrogens is 746 g/mol. The van der Waals surface area contributed by atoms with Crippen molar-refractivity contribution in [2.75, 3.05) is 0 Å². The van der Waals surface area contributed by atoms with Crippen molar-refractivity contribution >= 4 is 11.6 Å². The number of hydrogen-bond donors (Lipinski definition) is 1. The van der Waals surface area contributed by atoms with Gasteiger partial charge in [0.15, 0.2) is 0 Å². The monoisotopic (exact) mass is 822 g/mol. The second-order valence-corrected chi connectivity index (χ2v) is 18.1. The van der Waals surface area contributed by atoms with Crippen molar-refractivity contribution < 1.29 is 25.8 Å². The predicted molar refractivity (Wildman–Crippen MR) is 197 cm³/mol. The third kappa shape index (κ3) is 9.69. The van der Waals surface area contributed by atoms with Gasteiger partial charge in [0.2, 0.25) is 0 Å². The first kappa shape index (κ1) is 39.9. The quantitative estimate of drug-likeness (QED) is 0.147. The van der Waals surface area contributed by atoms with Gasteiger partial charge in [0.05, 0.1) is 0 Å². The first-order chi connectivity index (χ1) is 21.9. The Labute approximate surface area is 311 Å². The van der Waals surface area contributed by atoms with Crippen molar-refractivity contribution in [3.8, 4) is 0 Å². The minimum Gasteiger partial charge on any atom is -0.655 e. The van der Waals surface area contributed by atoms with E-state index in [1.807, 2.05) is 0 Å². The maximum atomic E-state index is 7.02. The molecule has 5 saturated carbocycles. The fourth-order valence-corrected chi connectivity index (χ4v) is 12.5. The minimum atomic E-state index is 0. The Morgan fingerprint density at radius 1 is 0.652 bits per heavy atom. The SMILES string of the molecule is CC(C)C1CC(Cl)CC(C(C)C)C1[N-]C(C1CCCC(C2[CH-]CCC3CCCCC32)N1)C1CCCCC1C1CCCCC1.[CH2-]C.[Hf]. The van der Waals surface area contributed by atoms with Gasteiger partial charge in [0.25, 0.3) is 0 Å². The number of nitrogens with zero attached hydrogens (tertiary/aromatic N) is 1. The van der Waals surface area contributed by atoms with E-state index in [9.17, 15) is 0 Å². The number of fused-ring (bicyclic) bond motifs is 1. The summed E-state index contributed by atoms with van der Waals surface area (Å²) in [6.45, 7) is 14.9. The minimum absolute atomic E-state index is 0. The van der Waals surface area contributed by atoms with Crippen LogP contribution in [0, 0.1) is 72.5 Å². The van der Waals surface area contributed by atoms with Crippen LogP contribution in [0.4, 0.5) is 0 Å². The van der Waals surface area contributed by atoms with Crippen LogP contribution in [-0.2, 0) is 25.8 Å². The van der Waals surface area contributed by atoms with Crippen molar-refractivity contribution in [1.29, 1.82) is 0 Å². The van der Waals surface area contributed by atoms with Crippen molar-refractivity contribution in [2.45, 2.75) is 193 Å². The Hall–Kier alpha value is 1.08. The van der Waals surface area contributed by atoms with Gasteiger partial charge in [-0.1, -0.05) is 141 Å². The van der Waals surface area contributed by atoms with Gasteiger partial charge in [-0.15, -0.1) is 29.6 Å². The summed E-state index contributed by atoms with van der Waals surface area (Å²) in [6, 6.07) is 2.26. The Morgan fingerprint density at radius 2 is 1.22 bits per heavy atom. The van der Waals surface area contributed by atoms with Gasteiger partial charge in [-0.3, -0.25) is 0 Å². The van der Waals surface area contributed by atoms with Crippen molar-refractivity contribution in [2.24, 2.45) is 59.2 Å². The van der Waals surface area contributed by atoms with Crippen LogP contribution in [0.2, 0.25) is 0 Å². The molecule has 6 aliphatic rings. The molecule has 2 nitrogen and oxygen atoms in total. The molecule has 46 heavy (non-hydrogen) atoms. The van der Waals surface area contributed by atoms with Gasteiger partial charge < -0.3 is 24.0 Å². The van der Waals surface area contributed by atoms with Crippen molar-refractivity contribution in [3.05, 3.63) is 18.7 Å². The number of piperidine rings is 1. The van der Waals surface area contributed by atoms with Gasteiger partial charge in [-0.05, 0) is 73.8 Å². The Morgan fingerprint density at radius 3 is 1.87 bits per heavy atom. The molecule has 0 radical (unpaired) electrons. The fourth-order valence-electron chi connectivity index (χ4n) is 12.1. The summed E-state index contributed by atoms with van der Waals surface area (Å²) in [4.78, 5) is 0. The fraction of sp³-hybridized carbons (Fsp3) is 0.952. The van der Waals surface area contributed by atoms with Crippen molar-refractivity contribution in [3.63, 3.8) is 0 Å². The molecule has 6 rings (SSSR count). The molecule has 4 heteroatoms. The third-order valence-electron chi connectivity index (χ3n) is 14.3. The summed E-state index contributed by atoms with van der Waals surface area (Å²) in [5.74, 6) is 8.02. The van der Waals surface area contributed by atoms with E-state index in [-0.39, 0.29) is 25.8 Å². The number of rotatable bonds is 8. The molecule has 0 amide bonds. The zero-order valence-corrected chi connectivity index (χ0v) is 35.3. The molecule has 0 aromatic carbocycles. The average molecular weight is 821 g/mol. The van der Waals surface area contributed by atoms with Crippen LogP contribution in [0.1, 0.15) is 163 Å². The van der Waals surface area contributed by atoms with E-state index in [1.54, 1.807) is 6.92 Å². The van der Waals surface area contributed by atoms with Crippen LogP contribution in [-0.4, -0.2) is 29.5 Å². The second kappa shape index (κ2) is 19.6. The molecule has 1 saturated heterocycles. The Balaban J connectivity index is 0.00000157. The predicted octanol–water partition coefficient (Wildman–Crippen LogP) is 12.2. The smallest absolute Gasteiger partial charge is 0.0340 e. The Bertz CT molecular complexity index is 824. The van der Waals surface area contributed by atoms with Crippen LogP contribution in [0.3, 0.4) is 0 Å². The first-order valence-electron chi connectivity index (χ1n) is 20.5. The molecule has 5 aliphatic carbocycles. The topological polar surface area (TPSA) is 26.1 Å². The molecule has 1 N–H and O–H groups in total. The van der Waals surface area contributed by atoms with Crippen molar-refractivity contribution in [1.82, 2.24) is 5.32 Å². The van der Waals surface area contributed by atoms with Gasteiger partial charge in [-0.25, -0.2) is 0 Å². The largest absolute Gasteiger partial charge is 0.655 e. The second-order valence-electron chi connectivity index (χ2n) is 17.4. The summed E-state index contributed by atoms with van der Waals surface area (Å²) in [5, 5.41) is 11.1. The Kier molecular flexibility index (Phi) is 17.0. The van der Waals surface area contributed by atoms with E-state index in [0.717, 1.165) is 35.5 Å². The molecule has 0 aromatic rings. The standard InChI is InChI=1S/C40H69ClN2.C2H5.Hf/c1-26(2)35-24-30(41)25-36(27(3)4)39(35)43-40(34-20-11-10-19-32(34)28-14-6-5-7-15-28)38-23-13-22-37(42-38)33-21-12-17-29-16-8-9-18-31(29)33;1-2;/h21,26-40,42H,5-20,22-25H2,1-4H3;1H2,2H3;/q-2;-1;. The summed E-state index contributed by atoms with van der Waals surface area (Å²) in [7, 11) is 0. The third-order valence-corrected chi connectivity index (χ3v) is 14.7. The number of alkyl halides is 1. The number of nitrogens with one attached hydrogen (secondary N) is 1. The van der Waals surface area contributed by atoms with E-state index < -0.39 is 0 Å². The molecule has 10 unspecified atom stereocenters. The van der Waals surface area contributed by atoms with E-state index in [1.165, 1.54) is 128 Å². The molecule has 10 atom stereocenters. The van der Waals surface area contributed by atoms with Gasteiger partial charge in [-0.2, -0.15) is 13.3 Å². The maximum absolute atomic E-state index is 7.02. The summed E-state index contributed by atoms with van der Waals surface area (Å²) in [5.41, 5.74) is 0. The number of hydrogen-bond acceptors (Lipinski definition) is 1. The molecule has 0 bridgehead atoms. The molecule has 6 fully saturated rings. The van der Waals surface area contributed by atoms with E-state index >= 15 is 0 Å². The molecular formula is C42H74ClHfN2-3. The van der Waals surface area contributed by atoms with E-state index in [4.69, 9.17) is 16.9 Å². The van der Waals surface area contributed by atoms with Gasteiger partial charge in [0.1, 0.15) is 0 Å². The molecule has 1 heterocycles. The van der Waals surface area contributed by atoms with E-state index in [2.05, 4.69) is 46.4 Å². The van der Waals surface area contributed by atoms with Crippen LogP contribution < -0.4 is 5.32 Å². The molecule has 0 aromatic heterocycles. The van der Waals surface area contributed by atoms with Crippen LogP contribution in [0.5, 0.6) is 0 Å².